The molecule has 0 spiro atoms. The number of benzene rings is 1. The van der Waals surface area contributed by atoms with Crippen molar-refractivity contribution in [1.29, 1.82) is 0 Å². The van der Waals surface area contributed by atoms with Gasteiger partial charge in [0.1, 0.15) is 11.6 Å². The molecule has 0 fully saturated rings. The summed E-state index contributed by atoms with van der Waals surface area (Å²) in [5.41, 5.74) is 8.04. The van der Waals surface area contributed by atoms with E-state index in [4.69, 9.17) is 21.9 Å². The summed E-state index contributed by atoms with van der Waals surface area (Å²) in [5, 5.41) is 3.39. The number of ether oxygens (including phenoxy) is 1. The lowest BCUT2D eigenvalue weighted by Crippen LogP contribution is -2.00. The van der Waals surface area contributed by atoms with E-state index in [1.807, 2.05) is 0 Å². The summed E-state index contributed by atoms with van der Waals surface area (Å²) in [5.74, 6) is -0.155. The Morgan fingerprint density at radius 1 is 1.56 bits per heavy atom. The van der Waals surface area contributed by atoms with Crippen molar-refractivity contribution >= 4 is 27.5 Å². The predicted octanol–water partition coefficient (Wildman–Crippen LogP) is 4.32. The minimum Gasteiger partial charge on any atom is -0.492 e. The van der Waals surface area contributed by atoms with Gasteiger partial charge in [-0.3, -0.25) is 0 Å². The smallest absolute Gasteiger partial charge is 0.145 e. The number of hydrogen-bond acceptors (Lipinski definition) is 2. The van der Waals surface area contributed by atoms with Gasteiger partial charge in [0.15, 0.2) is 0 Å². The topological polar surface area (TPSA) is 58.0 Å². The molecule has 0 saturated carbocycles. The third-order valence-corrected chi connectivity index (χ3v) is 2.61. The molecular weight excluding hydrogens is 300 g/mol. The van der Waals surface area contributed by atoms with E-state index in [1.165, 1.54) is 12.1 Å². The zero-order valence-corrected chi connectivity index (χ0v) is 10.5. The van der Waals surface area contributed by atoms with Crippen LogP contribution in [0.5, 0.6) is 5.75 Å². The fraction of sp³-hybridized carbons (Fsp3) is 0.333. The van der Waals surface area contributed by atoms with E-state index >= 15 is 0 Å². The second kappa shape index (κ2) is 6.58. The summed E-state index contributed by atoms with van der Waals surface area (Å²) < 4.78 is 19.0. The van der Waals surface area contributed by atoms with Gasteiger partial charge in [-0.2, -0.15) is 0 Å². The molecule has 0 aliphatic heterocycles. The monoisotopic (exact) mass is 307 g/mol. The fourth-order valence-electron chi connectivity index (χ4n) is 0.977. The van der Waals surface area contributed by atoms with Gasteiger partial charge in [0.05, 0.1) is 16.1 Å². The maximum absolute atomic E-state index is 13.1. The number of halogens is 3. The Hall–Kier alpha value is -0.970. The highest BCUT2D eigenvalue weighted by Gasteiger charge is 2.07. The zero-order valence-electron chi connectivity index (χ0n) is 8.16. The normalized spacial score (nSPS) is 9.69. The van der Waals surface area contributed by atoms with Crippen LogP contribution >= 0.6 is 27.5 Å². The van der Waals surface area contributed by atoms with Gasteiger partial charge in [0.25, 0.3) is 0 Å². The van der Waals surface area contributed by atoms with Gasteiger partial charge in [0, 0.05) is 17.5 Å². The summed E-state index contributed by atoms with van der Waals surface area (Å²) in [4.78, 5) is 2.61. The molecule has 0 aliphatic rings. The van der Waals surface area contributed by atoms with Gasteiger partial charge in [-0.15, -0.1) is 0 Å². The van der Waals surface area contributed by atoms with Crippen molar-refractivity contribution in [3.8, 4) is 5.75 Å². The van der Waals surface area contributed by atoms with Crippen LogP contribution in [0, 0.1) is 5.82 Å². The van der Waals surface area contributed by atoms with E-state index in [9.17, 15) is 4.39 Å². The minimum atomic E-state index is -0.532. The van der Waals surface area contributed by atoms with Gasteiger partial charge in [-0.05, 0) is 33.9 Å². The second-order valence-corrected chi connectivity index (χ2v) is 4.11. The average Bonchev–Trinajstić information content (AvgIpc) is 2.25. The summed E-state index contributed by atoms with van der Waals surface area (Å²) in [6, 6.07) is 2.64. The molecule has 0 bridgehead atoms. The summed E-state index contributed by atoms with van der Waals surface area (Å²) in [6.45, 7) is 0.697. The van der Waals surface area contributed by atoms with E-state index in [1.54, 1.807) is 0 Å². The van der Waals surface area contributed by atoms with Crippen molar-refractivity contribution in [2.75, 3.05) is 13.2 Å². The van der Waals surface area contributed by atoms with Crippen LogP contribution in [0.15, 0.2) is 21.7 Å². The van der Waals surface area contributed by atoms with Crippen LogP contribution in [0.3, 0.4) is 0 Å². The van der Waals surface area contributed by atoms with Crippen molar-refractivity contribution in [3.63, 3.8) is 0 Å². The first-order valence-electron chi connectivity index (χ1n) is 4.43. The molecular formula is C9H8BrClFN3O. The Bertz CT molecular complexity index is 423. The molecule has 0 heterocycles. The predicted molar refractivity (Wildman–Crippen MR) is 63.2 cm³/mol. The van der Waals surface area contributed by atoms with E-state index in [-0.39, 0.29) is 5.02 Å². The van der Waals surface area contributed by atoms with Crippen LogP contribution in [-0.4, -0.2) is 13.2 Å². The molecule has 1 aromatic carbocycles. The van der Waals surface area contributed by atoms with Crippen molar-refractivity contribution in [3.05, 3.63) is 37.9 Å². The summed E-state index contributed by atoms with van der Waals surface area (Å²) >= 11 is 8.78. The third kappa shape index (κ3) is 3.89. The molecule has 0 aromatic heterocycles. The lowest BCUT2D eigenvalue weighted by atomic mass is 10.3. The van der Waals surface area contributed by atoms with Crippen LogP contribution in [0.2, 0.25) is 5.02 Å². The quantitative estimate of drug-likeness (QED) is 0.263. The van der Waals surface area contributed by atoms with E-state index < -0.39 is 5.82 Å². The van der Waals surface area contributed by atoms with Gasteiger partial charge in [-0.25, -0.2) is 4.39 Å². The van der Waals surface area contributed by atoms with Crippen LogP contribution in [0.1, 0.15) is 6.42 Å². The van der Waals surface area contributed by atoms with Crippen LogP contribution < -0.4 is 4.74 Å². The second-order valence-electron chi connectivity index (χ2n) is 2.85. The maximum Gasteiger partial charge on any atom is 0.145 e. The average molecular weight is 309 g/mol. The maximum atomic E-state index is 13.1. The third-order valence-electron chi connectivity index (χ3n) is 1.70. The number of azide groups is 1. The van der Waals surface area contributed by atoms with E-state index in [0.29, 0.717) is 29.8 Å². The number of nitrogens with zero attached hydrogens (tertiary/aromatic N) is 3. The Kier molecular flexibility index (Phi) is 5.38. The SMILES string of the molecule is [N-]=[N+]=NCCCOc1cc(F)c(Cl)cc1Br. The van der Waals surface area contributed by atoms with Crippen LogP contribution in [-0.2, 0) is 0 Å². The molecule has 0 aliphatic carbocycles. The van der Waals surface area contributed by atoms with E-state index in [2.05, 4.69) is 26.0 Å². The molecule has 0 amide bonds. The molecule has 0 unspecified atom stereocenters. The molecule has 86 valence electrons. The molecule has 0 saturated heterocycles. The highest BCUT2D eigenvalue weighted by atomic mass is 79.9. The van der Waals surface area contributed by atoms with Gasteiger partial charge < -0.3 is 4.74 Å². The van der Waals surface area contributed by atoms with Gasteiger partial charge >= 0.3 is 0 Å². The standard InChI is InChI=1S/C9H8BrClFN3O/c10-6-4-7(11)8(12)5-9(6)16-3-1-2-14-15-13/h4-5H,1-3H2. The van der Waals surface area contributed by atoms with Crippen LogP contribution in [0.25, 0.3) is 10.4 Å². The lowest BCUT2D eigenvalue weighted by Gasteiger charge is -2.08. The summed E-state index contributed by atoms with van der Waals surface area (Å²) in [7, 11) is 0. The molecule has 1 rings (SSSR count). The first-order chi connectivity index (χ1) is 7.65. The van der Waals surface area contributed by atoms with Crippen molar-refractivity contribution in [1.82, 2.24) is 0 Å². The van der Waals surface area contributed by atoms with E-state index in [0.717, 1.165) is 0 Å². The van der Waals surface area contributed by atoms with Crippen molar-refractivity contribution in [2.24, 2.45) is 5.11 Å². The number of hydrogen-bond donors (Lipinski definition) is 0. The van der Waals surface area contributed by atoms with Crippen LogP contribution in [0.4, 0.5) is 4.39 Å². The molecule has 0 radical (unpaired) electrons. The molecule has 4 nitrogen and oxygen atoms in total. The summed E-state index contributed by atoms with van der Waals surface area (Å²) in [6.07, 6.45) is 0.570. The zero-order chi connectivity index (χ0) is 12.0. The Morgan fingerprint density at radius 3 is 3.00 bits per heavy atom. The highest BCUT2D eigenvalue weighted by molar-refractivity contribution is 9.10. The molecule has 16 heavy (non-hydrogen) atoms. The van der Waals surface area contributed by atoms with Crippen molar-refractivity contribution in [2.45, 2.75) is 6.42 Å². The largest absolute Gasteiger partial charge is 0.492 e. The molecule has 7 heteroatoms. The van der Waals surface area contributed by atoms with Crippen molar-refractivity contribution < 1.29 is 9.13 Å². The Balaban J connectivity index is 2.53. The molecule has 0 N–H and O–H groups in total. The minimum absolute atomic E-state index is 0.0355. The Labute approximate surface area is 105 Å². The highest BCUT2D eigenvalue weighted by Crippen LogP contribution is 2.30. The fourth-order valence-corrected chi connectivity index (χ4v) is 1.73. The molecule has 0 atom stereocenters. The van der Waals surface area contributed by atoms with Gasteiger partial charge in [0.2, 0.25) is 0 Å². The first-order valence-corrected chi connectivity index (χ1v) is 5.60. The first kappa shape index (κ1) is 13.1. The lowest BCUT2D eigenvalue weighted by molar-refractivity contribution is 0.310. The Morgan fingerprint density at radius 2 is 2.31 bits per heavy atom. The number of rotatable bonds is 5. The van der Waals surface area contributed by atoms with Gasteiger partial charge in [-0.1, -0.05) is 16.7 Å². The molecule has 1 aromatic rings.